The number of phosphoric ester groups is 1. The summed E-state index contributed by atoms with van der Waals surface area (Å²) in [6.07, 6.45) is 52.8. The first-order valence-electron chi connectivity index (χ1n) is 24.4. The maximum atomic E-state index is 12.7. The van der Waals surface area contributed by atoms with Crippen LogP contribution < -0.4 is 4.89 Å². The predicted molar refractivity (Wildman–Crippen MR) is 250 cm³/mol. The molecule has 0 aromatic heterocycles. The van der Waals surface area contributed by atoms with Crippen LogP contribution in [0.25, 0.3) is 0 Å². The highest BCUT2D eigenvalue weighted by Gasteiger charge is 2.20. The van der Waals surface area contributed by atoms with Crippen LogP contribution in [0, 0.1) is 0 Å². The molecule has 0 bridgehead atoms. The summed E-state index contributed by atoms with van der Waals surface area (Å²) >= 11 is 0. The van der Waals surface area contributed by atoms with E-state index in [9.17, 15) is 14.3 Å². The highest BCUT2D eigenvalue weighted by atomic mass is 31.2. The number of hydrogen-bond donors (Lipinski definition) is 0. The molecule has 0 fully saturated rings. The quantitative estimate of drug-likeness (QED) is 0.0198. The smallest absolute Gasteiger partial charge is 0.306 e. The van der Waals surface area contributed by atoms with Gasteiger partial charge in [-0.05, 0) is 51.4 Å². The lowest BCUT2D eigenvalue weighted by molar-refractivity contribution is -0.870. The van der Waals surface area contributed by atoms with E-state index >= 15 is 0 Å². The second kappa shape index (κ2) is 43.1. The summed E-state index contributed by atoms with van der Waals surface area (Å²) < 4.78 is 34.6. The highest BCUT2D eigenvalue weighted by Crippen LogP contribution is 2.38. The van der Waals surface area contributed by atoms with Gasteiger partial charge in [0.1, 0.15) is 19.3 Å². The van der Waals surface area contributed by atoms with E-state index in [1.807, 2.05) is 21.1 Å². The van der Waals surface area contributed by atoms with E-state index in [1.54, 1.807) is 0 Å². The van der Waals surface area contributed by atoms with E-state index in [2.05, 4.69) is 62.5 Å². The van der Waals surface area contributed by atoms with E-state index in [1.165, 1.54) is 141 Å². The Balaban J connectivity index is 4.23. The molecule has 0 aromatic rings. The zero-order valence-corrected chi connectivity index (χ0v) is 40.1. The van der Waals surface area contributed by atoms with Gasteiger partial charge in [-0.2, -0.15) is 0 Å². The zero-order chi connectivity index (χ0) is 43.4. The molecule has 0 heterocycles. The van der Waals surface area contributed by atoms with Crippen molar-refractivity contribution in [3.05, 3.63) is 48.6 Å². The number of nitrogens with zero attached hydrogens (tertiary/aromatic N) is 1. The van der Waals surface area contributed by atoms with Gasteiger partial charge in [-0.1, -0.05) is 197 Å². The summed E-state index contributed by atoms with van der Waals surface area (Å²) in [5, 5.41) is 0. The molecule has 0 spiro atoms. The van der Waals surface area contributed by atoms with Crippen LogP contribution in [-0.2, 0) is 27.9 Å². The third kappa shape index (κ3) is 47.4. The van der Waals surface area contributed by atoms with Gasteiger partial charge in [0.2, 0.25) is 0 Å². The minimum Gasteiger partial charge on any atom is -0.756 e. The van der Waals surface area contributed by atoms with Crippen LogP contribution in [-0.4, -0.2) is 70.7 Å². The van der Waals surface area contributed by atoms with Crippen LogP contribution in [0.2, 0.25) is 0 Å². The van der Waals surface area contributed by atoms with Crippen molar-refractivity contribution in [2.75, 3.05) is 54.1 Å². The molecule has 0 aliphatic heterocycles. The number of likely N-dealkylation sites (N-methyl/N-ethyl adjacent to an activating group) is 1. The summed E-state index contributed by atoms with van der Waals surface area (Å²) in [6.45, 7) is 5.33. The molecule has 9 heteroatoms. The van der Waals surface area contributed by atoms with E-state index in [4.69, 9.17) is 18.5 Å². The Hall–Kier alpha value is -1.54. The molecule has 0 saturated heterocycles. The molecule has 0 N–H and O–H groups in total. The number of hydrogen-bond acceptors (Lipinski definition) is 7. The van der Waals surface area contributed by atoms with Crippen LogP contribution in [0.15, 0.2) is 48.6 Å². The maximum Gasteiger partial charge on any atom is 0.306 e. The monoisotopic (exact) mass is 852 g/mol. The van der Waals surface area contributed by atoms with E-state index in [0.717, 1.165) is 38.5 Å². The molecule has 0 radical (unpaired) electrons. The summed E-state index contributed by atoms with van der Waals surface area (Å²) in [6, 6.07) is 0. The Bertz CT molecular complexity index is 1080. The lowest BCUT2D eigenvalue weighted by atomic mass is 10.0. The van der Waals surface area contributed by atoms with Crippen molar-refractivity contribution in [1.29, 1.82) is 0 Å². The topological polar surface area (TPSA) is 94.1 Å². The first-order valence-corrected chi connectivity index (χ1v) is 25.8. The standard InChI is InChI=1S/C50H94NO7P/c1-6-8-10-12-14-16-18-20-22-24-25-26-28-30-32-34-36-38-40-42-45-55-47-49(48-57-59(53,54)56-46-44-51(3,4)5)58-50(52)43-41-39-37-35-33-31-29-27-23-21-19-17-15-13-11-9-7-2/h15,17,21,23,29,31,35,37,49H,6-14,16,18-20,22,24-28,30,32-34,36,38-48H2,1-5H3/b17-15-,23-21-,31-29-,37-35-/t49-/m1/s1. The molecular formula is C50H94NO7P. The van der Waals surface area contributed by atoms with E-state index < -0.39 is 13.9 Å². The maximum absolute atomic E-state index is 12.7. The van der Waals surface area contributed by atoms with Crippen molar-refractivity contribution in [2.24, 2.45) is 0 Å². The molecule has 0 saturated carbocycles. The molecule has 0 amide bonds. The third-order valence-electron chi connectivity index (χ3n) is 10.4. The van der Waals surface area contributed by atoms with Gasteiger partial charge in [0.05, 0.1) is 34.4 Å². The van der Waals surface area contributed by atoms with Gasteiger partial charge >= 0.3 is 5.97 Å². The minimum absolute atomic E-state index is 0.0160. The summed E-state index contributed by atoms with van der Waals surface area (Å²) in [5.74, 6) is -0.386. The predicted octanol–water partition coefficient (Wildman–Crippen LogP) is 14.1. The molecular weight excluding hydrogens is 758 g/mol. The molecule has 8 nitrogen and oxygen atoms in total. The van der Waals surface area contributed by atoms with Crippen LogP contribution >= 0.6 is 7.82 Å². The first kappa shape index (κ1) is 57.5. The van der Waals surface area contributed by atoms with Crippen LogP contribution in [0.3, 0.4) is 0 Å². The largest absolute Gasteiger partial charge is 0.756 e. The van der Waals surface area contributed by atoms with Crippen LogP contribution in [0.4, 0.5) is 0 Å². The van der Waals surface area contributed by atoms with Crippen LogP contribution in [0.5, 0.6) is 0 Å². The molecule has 1 unspecified atom stereocenters. The number of ether oxygens (including phenoxy) is 2. The third-order valence-corrected chi connectivity index (χ3v) is 11.3. The normalized spacial score (nSPS) is 14.1. The number of quaternary nitrogens is 1. The van der Waals surface area contributed by atoms with Crippen molar-refractivity contribution < 1.29 is 37.3 Å². The second-order valence-electron chi connectivity index (χ2n) is 17.5. The number of rotatable bonds is 45. The number of carbonyl (C=O) groups is 1. The number of allylic oxidation sites excluding steroid dienone is 8. The van der Waals surface area contributed by atoms with Gasteiger partial charge in [0.25, 0.3) is 7.82 Å². The Kier molecular flexibility index (Phi) is 42.0. The van der Waals surface area contributed by atoms with Crippen molar-refractivity contribution in [3.63, 3.8) is 0 Å². The Morgan fingerprint density at radius 3 is 1.39 bits per heavy atom. The molecule has 0 aliphatic rings. The van der Waals surface area contributed by atoms with Crippen LogP contribution in [0.1, 0.15) is 206 Å². The molecule has 0 aliphatic carbocycles. The average Bonchev–Trinajstić information content (AvgIpc) is 3.19. The molecule has 346 valence electrons. The Morgan fingerprint density at radius 1 is 0.525 bits per heavy atom. The minimum atomic E-state index is -4.54. The van der Waals surface area contributed by atoms with Crippen molar-refractivity contribution in [2.45, 2.75) is 213 Å². The zero-order valence-electron chi connectivity index (χ0n) is 39.2. The number of phosphoric acid groups is 1. The fourth-order valence-corrected chi connectivity index (χ4v) is 7.33. The molecule has 2 atom stereocenters. The summed E-state index contributed by atoms with van der Waals surface area (Å²) in [7, 11) is 1.33. The summed E-state index contributed by atoms with van der Waals surface area (Å²) in [4.78, 5) is 25.1. The van der Waals surface area contributed by atoms with Gasteiger partial charge in [-0.25, -0.2) is 0 Å². The fourth-order valence-electron chi connectivity index (χ4n) is 6.60. The van der Waals surface area contributed by atoms with Gasteiger partial charge < -0.3 is 27.9 Å². The Labute approximate surface area is 365 Å². The van der Waals surface area contributed by atoms with Crippen molar-refractivity contribution >= 4 is 13.8 Å². The van der Waals surface area contributed by atoms with E-state index in [-0.39, 0.29) is 32.2 Å². The lowest BCUT2D eigenvalue weighted by Gasteiger charge is -2.28. The van der Waals surface area contributed by atoms with Gasteiger partial charge in [0.15, 0.2) is 0 Å². The second-order valence-corrected chi connectivity index (χ2v) is 18.9. The average molecular weight is 852 g/mol. The molecule has 0 aromatic carbocycles. The SMILES string of the molecule is CCCCC/C=C\C/C=C\C/C=C\C/C=C\CCCC(=O)O[C@H](COCCCCCCCCCCCCCCCCCCCCCC)COP(=O)([O-])OCC[N+](C)(C)C. The van der Waals surface area contributed by atoms with E-state index in [0.29, 0.717) is 24.1 Å². The molecule has 0 rings (SSSR count). The number of unbranched alkanes of at least 4 members (excludes halogenated alkanes) is 23. The van der Waals surface area contributed by atoms with Gasteiger partial charge in [-0.3, -0.25) is 9.36 Å². The van der Waals surface area contributed by atoms with Crippen molar-refractivity contribution in [3.8, 4) is 0 Å². The number of esters is 1. The van der Waals surface area contributed by atoms with Gasteiger partial charge in [0, 0.05) is 13.0 Å². The van der Waals surface area contributed by atoms with Crippen molar-refractivity contribution in [1.82, 2.24) is 0 Å². The van der Waals surface area contributed by atoms with Gasteiger partial charge in [-0.15, -0.1) is 0 Å². The molecule has 59 heavy (non-hydrogen) atoms. The fraction of sp³-hybridized carbons (Fsp3) is 0.820. The lowest BCUT2D eigenvalue weighted by Crippen LogP contribution is -2.37. The first-order chi connectivity index (χ1) is 28.6. The highest BCUT2D eigenvalue weighted by molar-refractivity contribution is 7.45. The summed E-state index contributed by atoms with van der Waals surface area (Å²) in [5.41, 5.74) is 0. The Morgan fingerprint density at radius 2 is 0.932 bits per heavy atom. The number of carbonyl (C=O) groups excluding carboxylic acids is 1.